The Hall–Kier alpha value is -3.27. The Morgan fingerprint density at radius 1 is 0.906 bits per heavy atom. The third kappa shape index (κ3) is 6.61. The maximum Gasteiger partial charge on any atom is 0.216 e. The first kappa shape index (κ1) is 23.4. The molecule has 1 N–H and O–H groups in total. The molecule has 3 rings (SSSR count). The van der Waals surface area contributed by atoms with Crippen LogP contribution in [0.4, 0.5) is 0 Å². The minimum absolute atomic E-state index is 0.0195. The minimum atomic E-state index is 0.0195. The molecular weight excluding hydrogens is 398 g/mol. The van der Waals surface area contributed by atoms with Crippen molar-refractivity contribution < 1.29 is 14.3 Å². The van der Waals surface area contributed by atoms with E-state index in [0.29, 0.717) is 19.8 Å². The fourth-order valence-electron chi connectivity index (χ4n) is 3.76. The molecule has 0 saturated heterocycles. The Labute approximate surface area is 191 Å². The van der Waals surface area contributed by atoms with Gasteiger partial charge in [0.05, 0.1) is 6.61 Å². The molecule has 4 nitrogen and oxygen atoms in total. The predicted octanol–water partition coefficient (Wildman–Crippen LogP) is 6.10. The standard InChI is InChI=1S/C28H33NO3/c1-4-31-28-19-26(17-16-24(28)13-8-9-18-29-22(3)30)32-20-25-14-10-15-27(21(25)2)23-11-6-5-7-12-23/h5-7,10-12,14-17,19H,4,8-9,13,18,20H2,1-3H3,(H,29,30). The van der Waals surface area contributed by atoms with Gasteiger partial charge in [0.15, 0.2) is 0 Å². The molecular formula is C28H33NO3. The van der Waals surface area contributed by atoms with Crippen molar-refractivity contribution in [3.8, 4) is 22.6 Å². The molecule has 0 spiro atoms. The summed E-state index contributed by atoms with van der Waals surface area (Å²) in [6.07, 6.45) is 2.85. The summed E-state index contributed by atoms with van der Waals surface area (Å²) in [6, 6.07) is 22.9. The topological polar surface area (TPSA) is 47.6 Å². The van der Waals surface area contributed by atoms with E-state index in [1.807, 2.05) is 25.1 Å². The van der Waals surface area contributed by atoms with E-state index in [0.717, 1.165) is 30.8 Å². The second kappa shape index (κ2) is 11.9. The quantitative estimate of drug-likeness (QED) is 0.373. The van der Waals surface area contributed by atoms with Crippen LogP contribution >= 0.6 is 0 Å². The van der Waals surface area contributed by atoms with Gasteiger partial charge in [0.2, 0.25) is 5.91 Å². The van der Waals surface area contributed by atoms with Crippen molar-refractivity contribution in [2.75, 3.05) is 13.2 Å². The number of carbonyl (C=O) groups excluding carboxylic acids is 1. The number of amides is 1. The maximum absolute atomic E-state index is 11.0. The van der Waals surface area contributed by atoms with Gasteiger partial charge in [0, 0.05) is 19.5 Å². The summed E-state index contributed by atoms with van der Waals surface area (Å²) in [5, 5.41) is 2.84. The first-order valence-electron chi connectivity index (χ1n) is 11.4. The lowest BCUT2D eigenvalue weighted by molar-refractivity contribution is -0.118. The van der Waals surface area contributed by atoms with Gasteiger partial charge in [-0.2, -0.15) is 0 Å². The number of benzene rings is 3. The molecule has 4 heteroatoms. The summed E-state index contributed by atoms with van der Waals surface area (Å²) < 4.78 is 12.0. The van der Waals surface area contributed by atoms with E-state index >= 15 is 0 Å². The van der Waals surface area contributed by atoms with Crippen molar-refractivity contribution in [1.29, 1.82) is 0 Å². The van der Waals surface area contributed by atoms with Gasteiger partial charge in [0.25, 0.3) is 0 Å². The molecule has 168 valence electrons. The number of nitrogens with one attached hydrogen (secondary N) is 1. The maximum atomic E-state index is 11.0. The zero-order valence-corrected chi connectivity index (χ0v) is 19.3. The molecule has 0 saturated carbocycles. The first-order chi connectivity index (χ1) is 15.6. The van der Waals surface area contributed by atoms with Crippen LogP contribution in [-0.4, -0.2) is 19.1 Å². The summed E-state index contributed by atoms with van der Waals surface area (Å²) in [7, 11) is 0. The average Bonchev–Trinajstić information content (AvgIpc) is 2.80. The van der Waals surface area contributed by atoms with Gasteiger partial charge in [-0.05, 0) is 67.0 Å². The number of hydrogen-bond donors (Lipinski definition) is 1. The number of aryl methyl sites for hydroxylation is 1. The van der Waals surface area contributed by atoms with Crippen LogP contribution in [0, 0.1) is 6.92 Å². The van der Waals surface area contributed by atoms with Crippen LogP contribution in [0.5, 0.6) is 11.5 Å². The highest BCUT2D eigenvalue weighted by atomic mass is 16.5. The monoisotopic (exact) mass is 431 g/mol. The highest BCUT2D eigenvalue weighted by molar-refractivity contribution is 5.72. The van der Waals surface area contributed by atoms with Gasteiger partial charge >= 0.3 is 0 Å². The third-order valence-corrected chi connectivity index (χ3v) is 5.51. The molecule has 0 aliphatic heterocycles. The predicted molar refractivity (Wildman–Crippen MR) is 130 cm³/mol. The summed E-state index contributed by atoms with van der Waals surface area (Å²) in [5.41, 5.74) is 6.03. The second-order valence-electron chi connectivity index (χ2n) is 7.89. The molecule has 0 radical (unpaired) electrons. The number of ether oxygens (including phenoxy) is 2. The van der Waals surface area contributed by atoms with Crippen molar-refractivity contribution in [3.63, 3.8) is 0 Å². The number of rotatable bonds is 11. The Morgan fingerprint density at radius 2 is 1.72 bits per heavy atom. The van der Waals surface area contributed by atoms with Crippen molar-refractivity contribution >= 4 is 5.91 Å². The summed E-state index contributed by atoms with van der Waals surface area (Å²) in [4.78, 5) is 11.0. The van der Waals surface area contributed by atoms with Crippen LogP contribution in [0.3, 0.4) is 0 Å². The van der Waals surface area contributed by atoms with Crippen LogP contribution in [0.25, 0.3) is 11.1 Å². The zero-order valence-electron chi connectivity index (χ0n) is 19.3. The lowest BCUT2D eigenvalue weighted by Gasteiger charge is -2.15. The van der Waals surface area contributed by atoms with Crippen LogP contribution in [-0.2, 0) is 17.8 Å². The van der Waals surface area contributed by atoms with Crippen LogP contribution in [0.1, 0.15) is 43.4 Å². The summed E-state index contributed by atoms with van der Waals surface area (Å²) in [6.45, 7) is 7.52. The molecule has 0 fully saturated rings. The lowest BCUT2D eigenvalue weighted by Crippen LogP contribution is -2.20. The lowest BCUT2D eigenvalue weighted by atomic mass is 9.97. The SMILES string of the molecule is CCOc1cc(OCc2cccc(-c3ccccc3)c2C)ccc1CCCCNC(C)=O. The van der Waals surface area contributed by atoms with Crippen molar-refractivity contribution in [2.45, 2.75) is 46.6 Å². The van der Waals surface area contributed by atoms with E-state index in [-0.39, 0.29) is 5.91 Å². The van der Waals surface area contributed by atoms with Gasteiger partial charge in [0.1, 0.15) is 18.1 Å². The van der Waals surface area contributed by atoms with Crippen LogP contribution < -0.4 is 14.8 Å². The van der Waals surface area contributed by atoms with E-state index in [4.69, 9.17) is 9.47 Å². The molecule has 0 heterocycles. The van der Waals surface area contributed by atoms with Crippen molar-refractivity contribution in [3.05, 3.63) is 83.4 Å². The Kier molecular flexibility index (Phi) is 8.73. The Bertz CT molecular complexity index is 1010. The molecule has 1 amide bonds. The van der Waals surface area contributed by atoms with Crippen molar-refractivity contribution in [2.24, 2.45) is 0 Å². The van der Waals surface area contributed by atoms with E-state index in [1.54, 1.807) is 6.92 Å². The van der Waals surface area contributed by atoms with Crippen molar-refractivity contribution in [1.82, 2.24) is 5.32 Å². The van der Waals surface area contributed by atoms with Gasteiger partial charge in [-0.3, -0.25) is 4.79 Å². The molecule has 3 aromatic rings. The Balaban J connectivity index is 1.65. The molecule has 0 atom stereocenters. The Morgan fingerprint density at radius 3 is 2.47 bits per heavy atom. The van der Waals surface area contributed by atoms with Gasteiger partial charge < -0.3 is 14.8 Å². The fraction of sp³-hybridized carbons (Fsp3) is 0.321. The normalized spacial score (nSPS) is 10.6. The van der Waals surface area contributed by atoms with E-state index in [9.17, 15) is 4.79 Å². The highest BCUT2D eigenvalue weighted by Crippen LogP contribution is 2.29. The smallest absolute Gasteiger partial charge is 0.216 e. The molecule has 3 aromatic carbocycles. The summed E-state index contributed by atoms with van der Waals surface area (Å²) in [5.74, 6) is 1.70. The zero-order chi connectivity index (χ0) is 22.8. The molecule has 32 heavy (non-hydrogen) atoms. The second-order valence-corrected chi connectivity index (χ2v) is 7.89. The third-order valence-electron chi connectivity index (χ3n) is 5.51. The van der Waals surface area contributed by atoms with Gasteiger partial charge in [-0.1, -0.05) is 54.6 Å². The van der Waals surface area contributed by atoms with E-state index < -0.39 is 0 Å². The first-order valence-corrected chi connectivity index (χ1v) is 11.4. The molecule has 0 aliphatic carbocycles. The molecule has 0 aromatic heterocycles. The molecule has 0 bridgehead atoms. The number of hydrogen-bond acceptors (Lipinski definition) is 3. The summed E-state index contributed by atoms with van der Waals surface area (Å²) >= 11 is 0. The average molecular weight is 432 g/mol. The van der Waals surface area contributed by atoms with Gasteiger partial charge in [-0.25, -0.2) is 0 Å². The fourth-order valence-corrected chi connectivity index (χ4v) is 3.76. The van der Waals surface area contributed by atoms with Crippen LogP contribution in [0.2, 0.25) is 0 Å². The number of carbonyl (C=O) groups is 1. The molecule has 0 unspecified atom stereocenters. The minimum Gasteiger partial charge on any atom is -0.493 e. The largest absolute Gasteiger partial charge is 0.493 e. The molecule has 0 aliphatic rings. The number of unbranched alkanes of at least 4 members (excludes halogenated alkanes) is 1. The van der Waals surface area contributed by atoms with Gasteiger partial charge in [-0.15, -0.1) is 0 Å². The van der Waals surface area contributed by atoms with E-state index in [2.05, 4.69) is 60.8 Å². The van der Waals surface area contributed by atoms with E-state index in [1.165, 1.54) is 27.8 Å². The van der Waals surface area contributed by atoms with Crippen LogP contribution in [0.15, 0.2) is 66.7 Å². The highest BCUT2D eigenvalue weighted by Gasteiger charge is 2.09.